The van der Waals surface area contributed by atoms with E-state index in [0.717, 1.165) is 29.7 Å². The van der Waals surface area contributed by atoms with Crippen LogP contribution in [0.15, 0.2) is 36.5 Å². The number of pyridine rings is 1. The zero-order chi connectivity index (χ0) is 15.3. The van der Waals surface area contributed by atoms with Crippen molar-refractivity contribution in [1.29, 1.82) is 0 Å². The molecule has 22 heavy (non-hydrogen) atoms. The molecule has 4 heteroatoms. The van der Waals surface area contributed by atoms with Gasteiger partial charge >= 0.3 is 0 Å². The van der Waals surface area contributed by atoms with Crippen LogP contribution in [0.2, 0.25) is 0 Å². The standard InChI is InChI=1S/C18H20N4/c1-12-8-15-6-4-5-7-17(15)22(12)11-14-9-16-13(2)20-21(3)18(16)19-10-14/h4-7,9-10,12H,8,11H2,1-3H3/t12-/m0/s1. The van der Waals surface area contributed by atoms with Gasteiger partial charge in [0, 0.05) is 36.9 Å². The van der Waals surface area contributed by atoms with E-state index < -0.39 is 0 Å². The molecule has 0 saturated heterocycles. The fourth-order valence-electron chi connectivity index (χ4n) is 3.50. The number of aromatic nitrogens is 3. The summed E-state index contributed by atoms with van der Waals surface area (Å²) in [5.74, 6) is 0. The molecule has 0 unspecified atom stereocenters. The van der Waals surface area contributed by atoms with E-state index in [1.165, 1.54) is 16.8 Å². The van der Waals surface area contributed by atoms with Gasteiger partial charge in [0.1, 0.15) is 0 Å². The lowest BCUT2D eigenvalue weighted by atomic mass is 10.1. The van der Waals surface area contributed by atoms with Gasteiger partial charge in [0.25, 0.3) is 0 Å². The highest BCUT2D eigenvalue weighted by molar-refractivity contribution is 5.78. The lowest BCUT2D eigenvalue weighted by molar-refractivity contribution is 0.671. The van der Waals surface area contributed by atoms with Gasteiger partial charge in [-0.3, -0.25) is 4.68 Å². The number of anilines is 1. The van der Waals surface area contributed by atoms with E-state index in [4.69, 9.17) is 0 Å². The van der Waals surface area contributed by atoms with Gasteiger partial charge in [-0.15, -0.1) is 0 Å². The molecule has 3 aromatic rings. The molecule has 0 radical (unpaired) electrons. The van der Waals surface area contributed by atoms with E-state index in [9.17, 15) is 0 Å². The Kier molecular flexibility index (Phi) is 2.93. The molecule has 0 aliphatic carbocycles. The fraction of sp³-hybridized carbons (Fsp3) is 0.333. The van der Waals surface area contributed by atoms with Crippen LogP contribution in [-0.2, 0) is 20.0 Å². The lowest BCUT2D eigenvalue weighted by Gasteiger charge is -2.24. The summed E-state index contributed by atoms with van der Waals surface area (Å²) in [4.78, 5) is 7.07. The first-order chi connectivity index (χ1) is 10.6. The van der Waals surface area contributed by atoms with E-state index in [1.54, 1.807) is 0 Å². The SMILES string of the molecule is Cc1nn(C)c2ncc(CN3c4ccccc4C[C@@H]3C)cc12. The summed E-state index contributed by atoms with van der Waals surface area (Å²) in [5.41, 5.74) is 6.05. The third-order valence-corrected chi connectivity index (χ3v) is 4.62. The minimum Gasteiger partial charge on any atom is -0.364 e. The van der Waals surface area contributed by atoms with Crippen LogP contribution < -0.4 is 4.90 Å². The zero-order valence-corrected chi connectivity index (χ0v) is 13.2. The number of aryl methyl sites for hydroxylation is 2. The van der Waals surface area contributed by atoms with Crippen LogP contribution in [-0.4, -0.2) is 20.8 Å². The van der Waals surface area contributed by atoms with Crippen molar-refractivity contribution in [3.05, 3.63) is 53.3 Å². The Balaban J connectivity index is 1.70. The molecular weight excluding hydrogens is 272 g/mol. The maximum atomic E-state index is 4.60. The normalized spacial score (nSPS) is 17.2. The highest BCUT2D eigenvalue weighted by Crippen LogP contribution is 2.33. The average molecular weight is 292 g/mol. The maximum absolute atomic E-state index is 4.60. The van der Waals surface area contributed by atoms with Crippen LogP contribution in [0.3, 0.4) is 0 Å². The first-order valence-corrected chi connectivity index (χ1v) is 7.76. The third kappa shape index (κ3) is 1.98. The predicted octanol–water partition coefficient (Wildman–Crippen LogP) is 3.23. The Bertz CT molecular complexity index is 849. The maximum Gasteiger partial charge on any atom is 0.157 e. The van der Waals surface area contributed by atoms with Crippen molar-refractivity contribution in [3.8, 4) is 0 Å². The molecule has 1 aliphatic heterocycles. The quantitative estimate of drug-likeness (QED) is 0.727. The molecule has 4 rings (SSSR count). The number of nitrogens with zero attached hydrogens (tertiary/aromatic N) is 4. The van der Waals surface area contributed by atoms with E-state index in [0.29, 0.717) is 6.04 Å². The van der Waals surface area contributed by atoms with Gasteiger partial charge in [0.05, 0.1) is 5.69 Å². The Morgan fingerprint density at radius 2 is 2.09 bits per heavy atom. The number of rotatable bonds is 2. The van der Waals surface area contributed by atoms with Gasteiger partial charge in [0.15, 0.2) is 5.65 Å². The summed E-state index contributed by atoms with van der Waals surface area (Å²) < 4.78 is 1.85. The fourth-order valence-corrected chi connectivity index (χ4v) is 3.50. The monoisotopic (exact) mass is 292 g/mol. The average Bonchev–Trinajstić information content (AvgIpc) is 2.97. The topological polar surface area (TPSA) is 34.0 Å². The highest BCUT2D eigenvalue weighted by atomic mass is 15.3. The van der Waals surface area contributed by atoms with Crippen molar-refractivity contribution < 1.29 is 0 Å². The van der Waals surface area contributed by atoms with E-state index >= 15 is 0 Å². The zero-order valence-electron chi connectivity index (χ0n) is 13.2. The summed E-state index contributed by atoms with van der Waals surface area (Å²) in [5, 5.41) is 5.61. The number of benzene rings is 1. The van der Waals surface area contributed by atoms with Crippen molar-refractivity contribution in [2.24, 2.45) is 7.05 Å². The summed E-state index contributed by atoms with van der Waals surface area (Å²) >= 11 is 0. The number of hydrogen-bond donors (Lipinski definition) is 0. The van der Waals surface area contributed by atoms with Crippen molar-refractivity contribution in [2.45, 2.75) is 32.9 Å². The Morgan fingerprint density at radius 1 is 1.27 bits per heavy atom. The lowest BCUT2D eigenvalue weighted by Crippen LogP contribution is -2.28. The van der Waals surface area contributed by atoms with Gasteiger partial charge in [-0.25, -0.2) is 4.98 Å². The molecule has 1 aliphatic rings. The van der Waals surface area contributed by atoms with E-state index in [2.05, 4.69) is 52.2 Å². The summed E-state index contributed by atoms with van der Waals surface area (Å²) in [6, 6.07) is 11.5. The van der Waals surface area contributed by atoms with E-state index in [1.807, 2.05) is 24.9 Å². The van der Waals surface area contributed by atoms with Crippen molar-refractivity contribution >= 4 is 16.7 Å². The first-order valence-electron chi connectivity index (χ1n) is 7.76. The number of para-hydroxylation sites is 1. The second-order valence-electron chi connectivity index (χ2n) is 6.23. The molecule has 0 spiro atoms. The first kappa shape index (κ1) is 13.3. The van der Waals surface area contributed by atoms with Crippen LogP contribution in [0.5, 0.6) is 0 Å². The van der Waals surface area contributed by atoms with Crippen LogP contribution in [0.25, 0.3) is 11.0 Å². The molecule has 0 bridgehead atoms. The third-order valence-electron chi connectivity index (χ3n) is 4.62. The molecule has 0 N–H and O–H groups in total. The van der Waals surface area contributed by atoms with Crippen LogP contribution >= 0.6 is 0 Å². The largest absolute Gasteiger partial charge is 0.364 e. The Morgan fingerprint density at radius 3 is 2.95 bits per heavy atom. The molecule has 1 aromatic carbocycles. The summed E-state index contributed by atoms with van der Waals surface area (Å²) in [6.07, 6.45) is 3.11. The minimum atomic E-state index is 0.531. The molecule has 112 valence electrons. The van der Waals surface area contributed by atoms with E-state index in [-0.39, 0.29) is 0 Å². The molecular formula is C18H20N4. The smallest absolute Gasteiger partial charge is 0.157 e. The number of hydrogen-bond acceptors (Lipinski definition) is 3. The minimum absolute atomic E-state index is 0.531. The van der Waals surface area contributed by atoms with Gasteiger partial charge in [-0.1, -0.05) is 18.2 Å². The second kappa shape index (κ2) is 4.83. The molecule has 2 aromatic heterocycles. The molecule has 0 amide bonds. The van der Waals surface area contributed by atoms with Crippen LogP contribution in [0.4, 0.5) is 5.69 Å². The van der Waals surface area contributed by atoms with Crippen LogP contribution in [0, 0.1) is 6.92 Å². The number of fused-ring (bicyclic) bond motifs is 2. The van der Waals surface area contributed by atoms with Gasteiger partial charge in [0.2, 0.25) is 0 Å². The summed E-state index contributed by atoms with van der Waals surface area (Å²) in [6.45, 7) is 5.23. The van der Waals surface area contributed by atoms with Gasteiger partial charge in [-0.05, 0) is 43.5 Å². The second-order valence-corrected chi connectivity index (χ2v) is 6.23. The van der Waals surface area contributed by atoms with Crippen molar-refractivity contribution in [1.82, 2.24) is 14.8 Å². The molecule has 4 nitrogen and oxygen atoms in total. The van der Waals surface area contributed by atoms with Crippen molar-refractivity contribution in [2.75, 3.05) is 4.90 Å². The highest BCUT2D eigenvalue weighted by Gasteiger charge is 2.25. The van der Waals surface area contributed by atoms with Gasteiger partial charge in [-0.2, -0.15) is 5.10 Å². The molecule has 1 atom stereocenters. The van der Waals surface area contributed by atoms with Gasteiger partial charge < -0.3 is 4.90 Å². The summed E-state index contributed by atoms with van der Waals surface area (Å²) in [7, 11) is 1.95. The Labute approximate surface area is 130 Å². The Hall–Kier alpha value is -2.36. The van der Waals surface area contributed by atoms with Crippen molar-refractivity contribution in [3.63, 3.8) is 0 Å². The molecule has 0 saturated carbocycles. The molecule has 0 fully saturated rings. The molecule has 3 heterocycles. The van der Waals surface area contributed by atoms with Crippen LogP contribution in [0.1, 0.15) is 23.7 Å². The predicted molar refractivity (Wildman–Crippen MR) is 89.0 cm³/mol.